The predicted molar refractivity (Wildman–Crippen MR) is 35.0 cm³/mol. The van der Waals surface area contributed by atoms with Gasteiger partial charge in [0.25, 0.3) is 0 Å². The van der Waals surface area contributed by atoms with E-state index in [0.29, 0.717) is 17.6 Å². The SMILES string of the molecule is O=C1CC2C=CC(C1)C2. The Hall–Kier alpha value is -0.590. The van der Waals surface area contributed by atoms with E-state index in [4.69, 9.17) is 0 Å². The first-order chi connectivity index (χ1) is 4.34. The molecule has 1 saturated carbocycles. The van der Waals surface area contributed by atoms with Crippen LogP contribution in [0.5, 0.6) is 0 Å². The maximum Gasteiger partial charge on any atom is 0.134 e. The molecule has 0 aliphatic heterocycles. The quantitative estimate of drug-likeness (QED) is 0.445. The Bertz CT molecular complexity index is 153. The molecular formula is C8H10O. The van der Waals surface area contributed by atoms with E-state index in [2.05, 4.69) is 12.2 Å². The molecule has 2 atom stereocenters. The molecule has 9 heavy (non-hydrogen) atoms. The highest BCUT2D eigenvalue weighted by Crippen LogP contribution is 2.34. The van der Waals surface area contributed by atoms with Crippen LogP contribution in [-0.2, 0) is 4.79 Å². The van der Waals surface area contributed by atoms with Crippen molar-refractivity contribution in [2.45, 2.75) is 19.3 Å². The third-order valence-electron chi connectivity index (χ3n) is 2.24. The summed E-state index contributed by atoms with van der Waals surface area (Å²) in [5, 5.41) is 0. The van der Waals surface area contributed by atoms with Crippen LogP contribution in [0.4, 0.5) is 0 Å². The van der Waals surface area contributed by atoms with Gasteiger partial charge >= 0.3 is 0 Å². The topological polar surface area (TPSA) is 17.1 Å². The van der Waals surface area contributed by atoms with Gasteiger partial charge in [-0.05, 0) is 18.3 Å². The van der Waals surface area contributed by atoms with E-state index in [1.807, 2.05) is 0 Å². The van der Waals surface area contributed by atoms with Gasteiger partial charge in [0, 0.05) is 12.8 Å². The van der Waals surface area contributed by atoms with Gasteiger partial charge in [-0.15, -0.1) is 0 Å². The molecule has 1 nitrogen and oxygen atoms in total. The molecule has 2 unspecified atom stereocenters. The minimum atomic E-state index is 0.459. The first-order valence-electron chi connectivity index (χ1n) is 3.54. The lowest BCUT2D eigenvalue weighted by Gasteiger charge is -2.16. The van der Waals surface area contributed by atoms with Crippen molar-refractivity contribution in [1.82, 2.24) is 0 Å². The summed E-state index contributed by atoms with van der Waals surface area (Å²) < 4.78 is 0. The van der Waals surface area contributed by atoms with Gasteiger partial charge in [0.05, 0.1) is 0 Å². The maximum absolute atomic E-state index is 10.9. The van der Waals surface area contributed by atoms with Crippen molar-refractivity contribution in [3.05, 3.63) is 12.2 Å². The molecule has 2 bridgehead atoms. The molecule has 0 saturated heterocycles. The summed E-state index contributed by atoms with van der Waals surface area (Å²) in [6.07, 6.45) is 7.27. The second-order valence-electron chi connectivity index (χ2n) is 3.09. The van der Waals surface area contributed by atoms with Gasteiger partial charge in [-0.3, -0.25) is 4.79 Å². The molecule has 1 heteroatoms. The first-order valence-corrected chi connectivity index (χ1v) is 3.54. The second-order valence-corrected chi connectivity index (χ2v) is 3.09. The van der Waals surface area contributed by atoms with Gasteiger partial charge in [0.1, 0.15) is 5.78 Å². The van der Waals surface area contributed by atoms with Crippen molar-refractivity contribution in [3.8, 4) is 0 Å². The van der Waals surface area contributed by atoms with Crippen LogP contribution in [0, 0.1) is 11.8 Å². The van der Waals surface area contributed by atoms with E-state index in [1.165, 1.54) is 6.42 Å². The highest BCUT2D eigenvalue weighted by molar-refractivity contribution is 5.80. The molecule has 2 aliphatic rings. The van der Waals surface area contributed by atoms with Crippen LogP contribution in [0.1, 0.15) is 19.3 Å². The van der Waals surface area contributed by atoms with E-state index in [9.17, 15) is 4.79 Å². The molecule has 0 heterocycles. The summed E-state index contributed by atoms with van der Waals surface area (Å²) in [6.45, 7) is 0. The zero-order chi connectivity index (χ0) is 6.27. The van der Waals surface area contributed by atoms with E-state index < -0.39 is 0 Å². The van der Waals surface area contributed by atoms with E-state index >= 15 is 0 Å². The van der Waals surface area contributed by atoms with Gasteiger partial charge < -0.3 is 0 Å². The lowest BCUT2D eigenvalue weighted by molar-refractivity contribution is -0.121. The molecular weight excluding hydrogens is 112 g/mol. The van der Waals surface area contributed by atoms with Crippen molar-refractivity contribution < 1.29 is 4.79 Å². The Balaban J connectivity index is 2.18. The first kappa shape index (κ1) is 5.21. The fraction of sp³-hybridized carbons (Fsp3) is 0.625. The molecule has 0 spiro atoms. The van der Waals surface area contributed by atoms with E-state index in [-0.39, 0.29) is 0 Å². The van der Waals surface area contributed by atoms with Crippen LogP contribution in [-0.4, -0.2) is 5.78 Å². The highest BCUT2D eigenvalue weighted by atomic mass is 16.1. The van der Waals surface area contributed by atoms with Crippen molar-refractivity contribution in [1.29, 1.82) is 0 Å². The van der Waals surface area contributed by atoms with Gasteiger partial charge in [0.15, 0.2) is 0 Å². The zero-order valence-corrected chi connectivity index (χ0v) is 5.34. The smallest absolute Gasteiger partial charge is 0.134 e. The van der Waals surface area contributed by atoms with Crippen molar-refractivity contribution in [2.75, 3.05) is 0 Å². The average Bonchev–Trinajstić information content (AvgIpc) is 2.11. The number of hydrogen-bond donors (Lipinski definition) is 0. The number of fused-ring (bicyclic) bond motifs is 2. The van der Waals surface area contributed by atoms with Gasteiger partial charge in [-0.1, -0.05) is 12.2 Å². The van der Waals surface area contributed by atoms with Crippen molar-refractivity contribution in [2.24, 2.45) is 11.8 Å². The number of rotatable bonds is 0. The zero-order valence-electron chi connectivity index (χ0n) is 5.34. The number of hydrogen-bond acceptors (Lipinski definition) is 1. The molecule has 0 aromatic rings. The predicted octanol–water partition coefficient (Wildman–Crippen LogP) is 1.54. The minimum Gasteiger partial charge on any atom is -0.300 e. The summed E-state index contributed by atoms with van der Waals surface area (Å²) in [6, 6.07) is 0. The van der Waals surface area contributed by atoms with Gasteiger partial charge in [-0.25, -0.2) is 0 Å². The molecule has 1 fully saturated rings. The number of Topliss-reactive ketones (excluding diaryl/α,β-unsaturated/α-hetero) is 1. The number of carbonyl (C=O) groups excluding carboxylic acids is 1. The fourth-order valence-corrected chi connectivity index (χ4v) is 1.83. The Morgan fingerprint density at radius 1 is 1.22 bits per heavy atom. The lowest BCUT2D eigenvalue weighted by atomic mass is 9.87. The molecule has 0 radical (unpaired) electrons. The Morgan fingerprint density at radius 3 is 2.33 bits per heavy atom. The molecule has 0 N–H and O–H groups in total. The maximum atomic E-state index is 10.9. The molecule has 0 aromatic carbocycles. The lowest BCUT2D eigenvalue weighted by Crippen LogP contribution is -2.15. The van der Waals surface area contributed by atoms with Gasteiger partial charge in [0.2, 0.25) is 0 Å². The Kier molecular flexibility index (Phi) is 0.981. The number of allylic oxidation sites excluding steroid dienone is 2. The Labute approximate surface area is 54.8 Å². The third-order valence-corrected chi connectivity index (χ3v) is 2.24. The third kappa shape index (κ3) is 0.805. The Morgan fingerprint density at radius 2 is 1.78 bits per heavy atom. The highest BCUT2D eigenvalue weighted by Gasteiger charge is 2.28. The van der Waals surface area contributed by atoms with Crippen LogP contribution >= 0.6 is 0 Å². The molecule has 2 aliphatic carbocycles. The van der Waals surface area contributed by atoms with Gasteiger partial charge in [-0.2, -0.15) is 0 Å². The van der Waals surface area contributed by atoms with Crippen LogP contribution in [0.15, 0.2) is 12.2 Å². The normalized spacial score (nSPS) is 39.8. The number of ketones is 1. The van der Waals surface area contributed by atoms with Crippen LogP contribution in [0.25, 0.3) is 0 Å². The minimum absolute atomic E-state index is 0.459. The number of carbonyl (C=O) groups is 1. The van der Waals surface area contributed by atoms with Crippen LogP contribution in [0.2, 0.25) is 0 Å². The van der Waals surface area contributed by atoms with Crippen LogP contribution < -0.4 is 0 Å². The van der Waals surface area contributed by atoms with E-state index in [0.717, 1.165) is 12.8 Å². The molecule has 48 valence electrons. The largest absolute Gasteiger partial charge is 0.300 e. The van der Waals surface area contributed by atoms with E-state index in [1.54, 1.807) is 0 Å². The molecule has 0 aromatic heterocycles. The summed E-state index contributed by atoms with van der Waals surface area (Å²) in [5.74, 6) is 1.67. The fourth-order valence-electron chi connectivity index (χ4n) is 1.83. The summed E-state index contributed by atoms with van der Waals surface area (Å²) >= 11 is 0. The van der Waals surface area contributed by atoms with Crippen molar-refractivity contribution in [3.63, 3.8) is 0 Å². The average molecular weight is 122 g/mol. The molecule has 0 amide bonds. The summed E-state index contributed by atoms with van der Waals surface area (Å²) in [4.78, 5) is 10.9. The summed E-state index contributed by atoms with van der Waals surface area (Å²) in [7, 11) is 0. The molecule has 2 rings (SSSR count). The van der Waals surface area contributed by atoms with Crippen molar-refractivity contribution >= 4 is 5.78 Å². The standard InChI is InChI=1S/C8H10O/c9-8-4-6-1-2-7(3-6)5-8/h1-2,6-7H,3-5H2. The van der Waals surface area contributed by atoms with Crippen LogP contribution in [0.3, 0.4) is 0 Å². The summed E-state index contributed by atoms with van der Waals surface area (Å²) in [5.41, 5.74) is 0. The second kappa shape index (κ2) is 1.69. The monoisotopic (exact) mass is 122 g/mol.